The molecular formula is C7H10ClN3O4S. The molecule has 90 valence electrons. The zero-order valence-corrected chi connectivity index (χ0v) is 9.61. The standard InChI is InChI=1S/C7H10ClN3O4S/c8-7-9-2-6(3-10-7)16(14,15)11-1-5(13)4-12/h2-3,5,11-13H,1,4H2. The van der Waals surface area contributed by atoms with Gasteiger partial charge in [0.15, 0.2) is 0 Å². The van der Waals surface area contributed by atoms with Crippen molar-refractivity contribution < 1.29 is 18.6 Å². The molecule has 0 aliphatic carbocycles. The van der Waals surface area contributed by atoms with Crippen molar-refractivity contribution in [3.8, 4) is 0 Å². The third kappa shape index (κ3) is 3.65. The highest BCUT2D eigenvalue weighted by molar-refractivity contribution is 7.89. The van der Waals surface area contributed by atoms with Crippen LogP contribution in [0.2, 0.25) is 5.28 Å². The first-order valence-corrected chi connectivity index (χ1v) is 6.08. The van der Waals surface area contributed by atoms with Gasteiger partial charge in [-0.2, -0.15) is 0 Å². The Bertz CT molecular complexity index is 435. The molecule has 1 rings (SSSR count). The van der Waals surface area contributed by atoms with Crippen molar-refractivity contribution in [3.63, 3.8) is 0 Å². The molecule has 16 heavy (non-hydrogen) atoms. The second-order valence-corrected chi connectivity index (χ2v) is 4.98. The molecule has 0 radical (unpaired) electrons. The lowest BCUT2D eigenvalue weighted by atomic mass is 10.4. The average Bonchev–Trinajstić information content (AvgIpc) is 2.26. The van der Waals surface area contributed by atoms with Gasteiger partial charge in [-0.3, -0.25) is 0 Å². The Kier molecular flexibility index (Phi) is 4.56. The Balaban J connectivity index is 2.74. The first-order valence-electron chi connectivity index (χ1n) is 4.22. The molecule has 0 aliphatic rings. The lowest BCUT2D eigenvalue weighted by Gasteiger charge is -2.09. The van der Waals surface area contributed by atoms with Gasteiger partial charge in [0.05, 0.1) is 25.1 Å². The molecule has 0 saturated heterocycles. The van der Waals surface area contributed by atoms with Gasteiger partial charge in [0.2, 0.25) is 15.3 Å². The van der Waals surface area contributed by atoms with Crippen LogP contribution in [0.15, 0.2) is 17.3 Å². The van der Waals surface area contributed by atoms with Crippen molar-refractivity contribution >= 4 is 21.6 Å². The maximum atomic E-state index is 11.5. The van der Waals surface area contributed by atoms with E-state index in [1.165, 1.54) is 0 Å². The largest absolute Gasteiger partial charge is 0.394 e. The smallest absolute Gasteiger partial charge is 0.243 e. The lowest BCUT2D eigenvalue weighted by Crippen LogP contribution is -2.34. The summed E-state index contributed by atoms with van der Waals surface area (Å²) >= 11 is 5.40. The van der Waals surface area contributed by atoms with E-state index in [1.807, 2.05) is 0 Å². The number of aliphatic hydroxyl groups is 2. The fraction of sp³-hybridized carbons (Fsp3) is 0.429. The molecule has 1 heterocycles. The highest BCUT2D eigenvalue weighted by Gasteiger charge is 2.16. The number of sulfonamides is 1. The highest BCUT2D eigenvalue weighted by atomic mass is 35.5. The Morgan fingerprint density at radius 1 is 1.44 bits per heavy atom. The molecule has 9 heteroatoms. The average molecular weight is 268 g/mol. The molecule has 1 unspecified atom stereocenters. The van der Waals surface area contributed by atoms with E-state index in [0.29, 0.717) is 0 Å². The molecule has 0 aliphatic heterocycles. The van der Waals surface area contributed by atoms with Gasteiger partial charge in [-0.1, -0.05) is 0 Å². The van der Waals surface area contributed by atoms with Crippen LogP contribution in [0, 0.1) is 0 Å². The third-order valence-corrected chi connectivity index (χ3v) is 3.20. The minimum atomic E-state index is -3.79. The molecule has 0 aromatic carbocycles. The van der Waals surface area contributed by atoms with E-state index in [2.05, 4.69) is 14.7 Å². The van der Waals surface area contributed by atoms with Crippen LogP contribution >= 0.6 is 11.6 Å². The summed E-state index contributed by atoms with van der Waals surface area (Å²) < 4.78 is 25.2. The lowest BCUT2D eigenvalue weighted by molar-refractivity contribution is 0.0988. The summed E-state index contributed by atoms with van der Waals surface area (Å²) in [5, 5.41) is 17.4. The monoisotopic (exact) mass is 267 g/mol. The minimum Gasteiger partial charge on any atom is -0.394 e. The van der Waals surface area contributed by atoms with Gasteiger partial charge in [0, 0.05) is 6.54 Å². The van der Waals surface area contributed by atoms with Crippen LogP contribution in [0.25, 0.3) is 0 Å². The normalized spacial score (nSPS) is 13.7. The molecule has 0 saturated carbocycles. The number of rotatable bonds is 5. The maximum absolute atomic E-state index is 11.5. The van der Waals surface area contributed by atoms with Crippen LogP contribution in [0.1, 0.15) is 0 Å². The number of halogens is 1. The molecule has 1 aromatic rings. The van der Waals surface area contributed by atoms with Crippen molar-refractivity contribution in [1.82, 2.24) is 14.7 Å². The zero-order valence-electron chi connectivity index (χ0n) is 8.04. The predicted molar refractivity (Wildman–Crippen MR) is 55.3 cm³/mol. The van der Waals surface area contributed by atoms with Crippen molar-refractivity contribution in [2.45, 2.75) is 11.0 Å². The van der Waals surface area contributed by atoms with Crippen LogP contribution < -0.4 is 4.72 Å². The summed E-state index contributed by atoms with van der Waals surface area (Å²) in [7, 11) is -3.79. The van der Waals surface area contributed by atoms with Crippen molar-refractivity contribution in [2.24, 2.45) is 0 Å². The Morgan fingerprint density at radius 2 is 2.00 bits per heavy atom. The Labute approximate surface area is 97.2 Å². The Hall–Kier alpha value is -0.800. The molecule has 7 nitrogen and oxygen atoms in total. The molecule has 0 fully saturated rings. The van der Waals surface area contributed by atoms with Gasteiger partial charge in [-0.25, -0.2) is 23.1 Å². The number of nitrogens with zero attached hydrogens (tertiary/aromatic N) is 2. The third-order valence-electron chi connectivity index (χ3n) is 1.63. The van der Waals surface area contributed by atoms with Gasteiger partial charge in [0.1, 0.15) is 4.90 Å². The van der Waals surface area contributed by atoms with Crippen molar-refractivity contribution in [1.29, 1.82) is 0 Å². The molecule has 3 N–H and O–H groups in total. The summed E-state index contributed by atoms with van der Waals surface area (Å²) in [4.78, 5) is 6.87. The van der Waals surface area contributed by atoms with Gasteiger partial charge < -0.3 is 10.2 Å². The second-order valence-electron chi connectivity index (χ2n) is 2.88. The van der Waals surface area contributed by atoms with E-state index in [4.69, 9.17) is 21.8 Å². The number of nitrogens with one attached hydrogen (secondary N) is 1. The van der Waals surface area contributed by atoms with E-state index in [1.54, 1.807) is 0 Å². The quantitative estimate of drug-likeness (QED) is 0.576. The van der Waals surface area contributed by atoms with Crippen LogP contribution in [-0.4, -0.2) is 47.9 Å². The maximum Gasteiger partial charge on any atom is 0.243 e. The van der Waals surface area contributed by atoms with Gasteiger partial charge >= 0.3 is 0 Å². The highest BCUT2D eigenvalue weighted by Crippen LogP contribution is 2.07. The van der Waals surface area contributed by atoms with E-state index < -0.39 is 22.7 Å². The predicted octanol–water partition coefficient (Wildman–Crippen LogP) is -1.24. The second kappa shape index (κ2) is 5.51. The minimum absolute atomic E-state index is 0.0608. The van der Waals surface area contributed by atoms with Crippen LogP contribution in [0.3, 0.4) is 0 Å². The fourth-order valence-electron chi connectivity index (χ4n) is 0.793. The first-order chi connectivity index (χ1) is 7.45. The van der Waals surface area contributed by atoms with Gasteiger partial charge in [-0.05, 0) is 11.6 Å². The van der Waals surface area contributed by atoms with E-state index in [-0.39, 0.29) is 16.7 Å². The Morgan fingerprint density at radius 3 is 2.50 bits per heavy atom. The summed E-state index contributed by atoms with van der Waals surface area (Å²) in [6.07, 6.45) is 0.939. The molecule has 1 atom stereocenters. The van der Waals surface area contributed by atoms with Crippen molar-refractivity contribution in [3.05, 3.63) is 17.7 Å². The molecule has 0 spiro atoms. The number of aliphatic hydroxyl groups excluding tert-OH is 2. The summed E-state index contributed by atoms with van der Waals surface area (Å²) in [5.74, 6) is 0. The summed E-state index contributed by atoms with van der Waals surface area (Å²) in [6, 6.07) is 0. The summed E-state index contributed by atoms with van der Waals surface area (Å²) in [5.41, 5.74) is 0. The molecule has 1 aromatic heterocycles. The van der Waals surface area contributed by atoms with Crippen LogP contribution in [0.5, 0.6) is 0 Å². The number of hydrogen-bond donors (Lipinski definition) is 3. The number of aromatic nitrogens is 2. The van der Waals surface area contributed by atoms with E-state index in [0.717, 1.165) is 12.4 Å². The van der Waals surface area contributed by atoms with Gasteiger partial charge in [0.25, 0.3) is 0 Å². The van der Waals surface area contributed by atoms with Crippen LogP contribution in [-0.2, 0) is 10.0 Å². The fourth-order valence-corrected chi connectivity index (χ4v) is 1.85. The molecular weight excluding hydrogens is 258 g/mol. The number of hydrogen-bond acceptors (Lipinski definition) is 6. The van der Waals surface area contributed by atoms with Crippen LogP contribution in [0.4, 0.5) is 0 Å². The molecule has 0 bridgehead atoms. The first kappa shape index (κ1) is 13.3. The van der Waals surface area contributed by atoms with Crippen molar-refractivity contribution in [2.75, 3.05) is 13.2 Å². The topological polar surface area (TPSA) is 112 Å². The van der Waals surface area contributed by atoms with E-state index >= 15 is 0 Å². The van der Waals surface area contributed by atoms with Gasteiger partial charge in [-0.15, -0.1) is 0 Å². The zero-order chi connectivity index (χ0) is 12.2. The SMILES string of the molecule is O=S(=O)(NCC(O)CO)c1cnc(Cl)nc1. The molecule has 0 amide bonds. The summed E-state index contributed by atoms with van der Waals surface area (Å²) in [6.45, 7) is -0.818. The van der Waals surface area contributed by atoms with E-state index in [9.17, 15) is 8.42 Å².